The number of rotatable bonds is 2. The van der Waals surface area contributed by atoms with Crippen molar-refractivity contribution in [3.63, 3.8) is 0 Å². The van der Waals surface area contributed by atoms with Crippen molar-refractivity contribution >= 4 is 22.4 Å². The van der Waals surface area contributed by atoms with E-state index >= 15 is 0 Å². The fraction of sp³-hybridized carbons (Fsp3) is 0.250. The molecule has 2 unspecified atom stereocenters. The third kappa shape index (κ3) is 1.84. The van der Waals surface area contributed by atoms with Crippen LogP contribution in [0.25, 0.3) is 0 Å². The van der Waals surface area contributed by atoms with Crippen LogP contribution in [-0.2, 0) is 4.79 Å². The number of carbonyl (C=O) groups is 1. The quantitative estimate of drug-likeness (QED) is 0.898. The molecule has 2 atom stereocenters. The number of fused-ring (bicyclic) bond motifs is 1. The van der Waals surface area contributed by atoms with Crippen LogP contribution < -0.4 is 10.1 Å². The standard InChI is InChI=1S/C12H11N3O2S/c1-7-8-4-2-3-5-9(8)17-11(7)12(16)14-10-6-13-15-18-10/h2-7,11H,1H3,(H,14,16). The lowest BCUT2D eigenvalue weighted by molar-refractivity contribution is -0.122. The Kier molecular flexibility index (Phi) is 2.71. The van der Waals surface area contributed by atoms with Crippen LogP contribution in [0, 0.1) is 0 Å². The summed E-state index contributed by atoms with van der Waals surface area (Å²) >= 11 is 1.15. The van der Waals surface area contributed by atoms with Gasteiger partial charge in [0.1, 0.15) is 10.8 Å². The van der Waals surface area contributed by atoms with Gasteiger partial charge in [-0.2, -0.15) is 0 Å². The Bertz CT molecular complexity index is 570. The Morgan fingerprint density at radius 1 is 1.44 bits per heavy atom. The second-order valence-electron chi connectivity index (χ2n) is 4.14. The summed E-state index contributed by atoms with van der Waals surface area (Å²) < 4.78 is 9.38. The molecule has 5 nitrogen and oxygen atoms in total. The van der Waals surface area contributed by atoms with Crippen LogP contribution >= 0.6 is 11.5 Å². The summed E-state index contributed by atoms with van der Waals surface area (Å²) in [7, 11) is 0. The van der Waals surface area contributed by atoms with Gasteiger partial charge >= 0.3 is 0 Å². The number of para-hydroxylation sites is 1. The second kappa shape index (κ2) is 4.38. The Balaban J connectivity index is 1.78. The third-order valence-corrected chi connectivity index (χ3v) is 3.56. The maximum Gasteiger partial charge on any atom is 0.266 e. The Hall–Kier alpha value is -1.95. The van der Waals surface area contributed by atoms with Crippen LogP contribution in [0.3, 0.4) is 0 Å². The van der Waals surface area contributed by atoms with E-state index in [0.717, 1.165) is 22.8 Å². The van der Waals surface area contributed by atoms with Crippen molar-refractivity contribution in [1.82, 2.24) is 9.59 Å². The number of hydrogen-bond donors (Lipinski definition) is 1. The fourth-order valence-electron chi connectivity index (χ4n) is 2.06. The summed E-state index contributed by atoms with van der Waals surface area (Å²) in [6, 6.07) is 7.72. The van der Waals surface area contributed by atoms with Gasteiger partial charge in [0, 0.05) is 23.0 Å². The number of carbonyl (C=O) groups excluding carboxylic acids is 1. The van der Waals surface area contributed by atoms with Crippen molar-refractivity contribution in [2.75, 3.05) is 5.32 Å². The van der Waals surface area contributed by atoms with Gasteiger partial charge in [0.15, 0.2) is 6.10 Å². The van der Waals surface area contributed by atoms with Crippen molar-refractivity contribution in [2.45, 2.75) is 18.9 Å². The summed E-state index contributed by atoms with van der Waals surface area (Å²) in [5, 5.41) is 7.06. The number of anilines is 1. The van der Waals surface area contributed by atoms with Crippen LogP contribution in [-0.4, -0.2) is 21.6 Å². The monoisotopic (exact) mass is 261 g/mol. The zero-order chi connectivity index (χ0) is 12.5. The van der Waals surface area contributed by atoms with E-state index in [1.54, 1.807) is 0 Å². The predicted octanol–water partition coefficient (Wildman–Crippen LogP) is 2.04. The predicted molar refractivity (Wildman–Crippen MR) is 67.8 cm³/mol. The zero-order valence-electron chi connectivity index (χ0n) is 9.66. The van der Waals surface area contributed by atoms with Gasteiger partial charge in [-0.3, -0.25) is 4.79 Å². The molecule has 0 saturated heterocycles. The molecule has 0 fully saturated rings. The Morgan fingerprint density at radius 2 is 2.28 bits per heavy atom. The van der Waals surface area contributed by atoms with Crippen molar-refractivity contribution < 1.29 is 9.53 Å². The van der Waals surface area contributed by atoms with Crippen LogP contribution in [0.4, 0.5) is 5.00 Å². The average Bonchev–Trinajstić information content (AvgIpc) is 2.98. The molecular formula is C12H11N3O2S. The molecule has 1 aliphatic rings. The SMILES string of the molecule is CC1c2ccccc2OC1C(=O)Nc1cnns1. The number of benzene rings is 1. The molecule has 0 bridgehead atoms. The van der Waals surface area contributed by atoms with Gasteiger partial charge < -0.3 is 10.1 Å². The zero-order valence-corrected chi connectivity index (χ0v) is 10.5. The number of ether oxygens (including phenoxy) is 1. The van der Waals surface area contributed by atoms with Crippen molar-refractivity contribution in [3.8, 4) is 5.75 Å². The molecule has 1 aliphatic heterocycles. The van der Waals surface area contributed by atoms with Gasteiger partial charge in [0.05, 0.1) is 6.20 Å². The number of nitrogens with zero attached hydrogens (tertiary/aromatic N) is 2. The lowest BCUT2D eigenvalue weighted by Crippen LogP contribution is -2.33. The molecule has 0 radical (unpaired) electrons. The molecule has 92 valence electrons. The van der Waals surface area contributed by atoms with Crippen molar-refractivity contribution in [3.05, 3.63) is 36.0 Å². The summed E-state index contributed by atoms with van der Waals surface area (Å²) in [4.78, 5) is 12.1. The minimum atomic E-state index is -0.496. The van der Waals surface area contributed by atoms with E-state index < -0.39 is 6.10 Å². The molecule has 1 aromatic heterocycles. The van der Waals surface area contributed by atoms with Crippen LogP contribution in [0.1, 0.15) is 18.4 Å². The molecule has 0 saturated carbocycles. The maximum atomic E-state index is 12.1. The van der Waals surface area contributed by atoms with Gasteiger partial charge in [-0.1, -0.05) is 29.6 Å². The first-order valence-corrected chi connectivity index (χ1v) is 6.37. The fourth-order valence-corrected chi connectivity index (χ4v) is 2.48. The molecular weight excluding hydrogens is 250 g/mol. The summed E-state index contributed by atoms with van der Waals surface area (Å²) in [5.41, 5.74) is 1.07. The van der Waals surface area contributed by atoms with E-state index in [4.69, 9.17) is 4.74 Å². The highest BCUT2D eigenvalue weighted by atomic mass is 32.1. The van der Waals surface area contributed by atoms with Crippen LogP contribution in [0.5, 0.6) is 5.75 Å². The average molecular weight is 261 g/mol. The maximum absolute atomic E-state index is 12.1. The van der Waals surface area contributed by atoms with E-state index in [1.165, 1.54) is 6.20 Å². The molecule has 1 amide bonds. The molecule has 3 rings (SSSR count). The summed E-state index contributed by atoms with van der Waals surface area (Å²) in [6.45, 7) is 1.99. The van der Waals surface area contributed by atoms with Gasteiger partial charge in [0.2, 0.25) is 0 Å². The first-order valence-electron chi connectivity index (χ1n) is 5.59. The molecule has 1 N–H and O–H groups in total. The molecule has 0 spiro atoms. The number of hydrogen-bond acceptors (Lipinski definition) is 5. The molecule has 2 aromatic rings. The first-order chi connectivity index (χ1) is 8.75. The van der Waals surface area contributed by atoms with E-state index in [0.29, 0.717) is 5.00 Å². The molecule has 1 aromatic carbocycles. The lowest BCUT2D eigenvalue weighted by Gasteiger charge is -2.13. The summed E-state index contributed by atoms with van der Waals surface area (Å²) in [6.07, 6.45) is 1.03. The third-order valence-electron chi connectivity index (χ3n) is 2.98. The normalized spacial score (nSPS) is 21.2. The van der Waals surface area contributed by atoms with Gasteiger partial charge in [0.25, 0.3) is 5.91 Å². The molecule has 18 heavy (non-hydrogen) atoms. The highest BCUT2D eigenvalue weighted by Crippen LogP contribution is 2.37. The van der Waals surface area contributed by atoms with Crippen molar-refractivity contribution in [2.24, 2.45) is 0 Å². The first kappa shape index (κ1) is 11.2. The largest absolute Gasteiger partial charge is 0.480 e. The van der Waals surface area contributed by atoms with Crippen molar-refractivity contribution in [1.29, 1.82) is 0 Å². The van der Waals surface area contributed by atoms with Gasteiger partial charge in [-0.15, -0.1) is 5.10 Å². The highest BCUT2D eigenvalue weighted by Gasteiger charge is 2.36. The minimum absolute atomic E-state index is 0.0436. The second-order valence-corrected chi connectivity index (χ2v) is 4.92. The lowest BCUT2D eigenvalue weighted by atomic mass is 9.97. The number of amides is 1. The summed E-state index contributed by atoms with van der Waals surface area (Å²) in [5.74, 6) is 0.666. The van der Waals surface area contributed by atoms with Gasteiger partial charge in [-0.25, -0.2) is 0 Å². The van der Waals surface area contributed by atoms with Gasteiger partial charge in [-0.05, 0) is 6.07 Å². The highest BCUT2D eigenvalue weighted by molar-refractivity contribution is 7.10. The van der Waals surface area contributed by atoms with E-state index in [-0.39, 0.29) is 11.8 Å². The molecule has 0 aliphatic carbocycles. The minimum Gasteiger partial charge on any atom is -0.480 e. The molecule has 2 heterocycles. The van der Waals surface area contributed by atoms with E-state index in [9.17, 15) is 4.79 Å². The molecule has 6 heteroatoms. The van der Waals surface area contributed by atoms with Crippen LogP contribution in [0.2, 0.25) is 0 Å². The Labute approximate surface area is 108 Å². The van der Waals surface area contributed by atoms with E-state index in [1.807, 2.05) is 31.2 Å². The number of nitrogens with one attached hydrogen (secondary N) is 1. The van der Waals surface area contributed by atoms with E-state index in [2.05, 4.69) is 14.9 Å². The topological polar surface area (TPSA) is 64.1 Å². The van der Waals surface area contributed by atoms with Crippen LogP contribution in [0.15, 0.2) is 30.5 Å². The Morgan fingerprint density at radius 3 is 3.00 bits per heavy atom. The number of aromatic nitrogens is 2. The smallest absolute Gasteiger partial charge is 0.266 e.